The Morgan fingerprint density at radius 3 is 2.63 bits per heavy atom. The van der Waals surface area contributed by atoms with Crippen LogP contribution in [0.15, 0.2) is 12.1 Å². The minimum atomic E-state index is -0.112. The third kappa shape index (κ3) is 2.41. The van der Waals surface area contributed by atoms with Crippen LogP contribution in [0.4, 0.5) is 5.82 Å². The predicted octanol–water partition coefficient (Wildman–Crippen LogP) is 1.78. The van der Waals surface area contributed by atoms with E-state index in [1.165, 1.54) is 30.6 Å². The zero-order chi connectivity index (χ0) is 13.4. The topological polar surface area (TPSA) is 58.1 Å². The molecule has 19 heavy (non-hydrogen) atoms. The molecule has 1 amide bonds. The van der Waals surface area contributed by atoms with E-state index >= 15 is 0 Å². The number of nitrogens with one attached hydrogen (secondary N) is 1. The van der Waals surface area contributed by atoms with Crippen molar-refractivity contribution in [3.05, 3.63) is 17.8 Å². The highest BCUT2D eigenvalue weighted by atomic mass is 16.2. The molecule has 3 unspecified atom stereocenters. The molecule has 1 N–H and O–H groups in total. The Morgan fingerprint density at radius 2 is 2.11 bits per heavy atom. The number of nitrogens with zero attached hydrogens (tertiary/aromatic N) is 3. The molecule has 5 heteroatoms. The molecule has 102 valence electrons. The standard InChI is InChI=1S/C14H20N4O/c1-18(2)14(19)11-5-6-13(17-16-11)15-12-8-9-3-4-10(12)7-9/h5-6,9-10,12H,3-4,7-8H2,1-2H3,(H,15,17). The lowest BCUT2D eigenvalue weighted by atomic mass is 9.95. The van der Waals surface area contributed by atoms with Crippen molar-refractivity contribution >= 4 is 11.7 Å². The predicted molar refractivity (Wildman–Crippen MR) is 72.9 cm³/mol. The smallest absolute Gasteiger partial charge is 0.273 e. The molecule has 1 heterocycles. The summed E-state index contributed by atoms with van der Waals surface area (Å²) in [6.45, 7) is 0. The van der Waals surface area contributed by atoms with Gasteiger partial charge in [-0.1, -0.05) is 6.42 Å². The lowest BCUT2D eigenvalue weighted by Gasteiger charge is -2.23. The number of aromatic nitrogens is 2. The number of hydrogen-bond acceptors (Lipinski definition) is 4. The maximum atomic E-state index is 11.7. The molecule has 0 radical (unpaired) electrons. The molecule has 2 fully saturated rings. The van der Waals surface area contributed by atoms with E-state index in [2.05, 4.69) is 15.5 Å². The summed E-state index contributed by atoms with van der Waals surface area (Å²) in [5.74, 6) is 2.38. The van der Waals surface area contributed by atoms with Crippen LogP contribution in [0.5, 0.6) is 0 Å². The van der Waals surface area contributed by atoms with E-state index < -0.39 is 0 Å². The summed E-state index contributed by atoms with van der Waals surface area (Å²) in [6.07, 6.45) is 5.35. The molecule has 0 aromatic carbocycles. The Hall–Kier alpha value is -1.65. The average Bonchev–Trinajstić information content (AvgIpc) is 3.01. The van der Waals surface area contributed by atoms with Crippen molar-refractivity contribution in [2.45, 2.75) is 31.7 Å². The third-order valence-electron chi connectivity index (χ3n) is 4.36. The summed E-state index contributed by atoms with van der Waals surface area (Å²) in [7, 11) is 3.43. The Labute approximate surface area is 113 Å². The van der Waals surface area contributed by atoms with Crippen LogP contribution in [0.1, 0.15) is 36.2 Å². The second-order valence-corrected chi connectivity index (χ2v) is 5.93. The lowest BCUT2D eigenvalue weighted by molar-refractivity contribution is 0.0821. The SMILES string of the molecule is CN(C)C(=O)c1ccc(NC2CC3CCC2C3)nn1. The van der Waals surface area contributed by atoms with Gasteiger partial charge in [-0.05, 0) is 43.2 Å². The normalized spacial score (nSPS) is 28.4. The van der Waals surface area contributed by atoms with Crippen molar-refractivity contribution in [3.63, 3.8) is 0 Å². The van der Waals surface area contributed by atoms with Crippen molar-refractivity contribution in [1.82, 2.24) is 15.1 Å². The Bertz CT molecular complexity index is 471. The van der Waals surface area contributed by atoms with Crippen LogP contribution in [0.25, 0.3) is 0 Å². The van der Waals surface area contributed by atoms with Gasteiger partial charge in [0.15, 0.2) is 5.69 Å². The number of fused-ring (bicyclic) bond motifs is 2. The first-order chi connectivity index (χ1) is 9.13. The molecule has 2 aliphatic carbocycles. The van der Waals surface area contributed by atoms with E-state index in [-0.39, 0.29) is 5.91 Å². The van der Waals surface area contributed by atoms with Gasteiger partial charge in [0.05, 0.1) is 0 Å². The van der Waals surface area contributed by atoms with Gasteiger partial charge in [0.25, 0.3) is 5.91 Å². The van der Waals surface area contributed by atoms with Crippen LogP contribution in [0.3, 0.4) is 0 Å². The molecule has 5 nitrogen and oxygen atoms in total. The maximum absolute atomic E-state index is 11.7. The van der Waals surface area contributed by atoms with Gasteiger partial charge in [0, 0.05) is 20.1 Å². The Morgan fingerprint density at radius 1 is 1.26 bits per heavy atom. The summed E-state index contributed by atoms with van der Waals surface area (Å²) in [6, 6.07) is 4.14. The second-order valence-electron chi connectivity index (χ2n) is 5.93. The molecular weight excluding hydrogens is 240 g/mol. The number of rotatable bonds is 3. The van der Waals surface area contributed by atoms with Crippen molar-refractivity contribution in [2.24, 2.45) is 11.8 Å². The van der Waals surface area contributed by atoms with Crippen LogP contribution >= 0.6 is 0 Å². The summed E-state index contributed by atoms with van der Waals surface area (Å²) in [5, 5.41) is 11.6. The highest BCUT2D eigenvalue weighted by Crippen LogP contribution is 2.45. The summed E-state index contributed by atoms with van der Waals surface area (Å²) in [5.41, 5.74) is 0.392. The molecule has 1 aromatic rings. The first-order valence-electron chi connectivity index (χ1n) is 6.95. The van der Waals surface area contributed by atoms with E-state index in [1.54, 1.807) is 20.2 Å². The van der Waals surface area contributed by atoms with Gasteiger partial charge in [-0.15, -0.1) is 10.2 Å². The number of carbonyl (C=O) groups excluding carboxylic acids is 1. The van der Waals surface area contributed by atoms with Gasteiger partial charge in [-0.2, -0.15) is 0 Å². The minimum Gasteiger partial charge on any atom is -0.366 e. The van der Waals surface area contributed by atoms with Crippen LogP contribution < -0.4 is 5.32 Å². The fourth-order valence-electron chi connectivity index (χ4n) is 3.36. The second kappa shape index (κ2) is 4.79. The summed E-state index contributed by atoms with van der Waals surface area (Å²) in [4.78, 5) is 13.2. The zero-order valence-electron chi connectivity index (χ0n) is 11.5. The molecule has 0 saturated heterocycles. The van der Waals surface area contributed by atoms with Crippen molar-refractivity contribution < 1.29 is 4.79 Å². The summed E-state index contributed by atoms with van der Waals surface area (Å²) < 4.78 is 0. The van der Waals surface area contributed by atoms with Crippen LogP contribution in [-0.4, -0.2) is 41.1 Å². The average molecular weight is 260 g/mol. The molecular formula is C14H20N4O. The maximum Gasteiger partial charge on any atom is 0.273 e. The van der Waals surface area contributed by atoms with E-state index in [0.29, 0.717) is 11.7 Å². The number of anilines is 1. The van der Waals surface area contributed by atoms with Crippen LogP contribution in [-0.2, 0) is 0 Å². The van der Waals surface area contributed by atoms with Gasteiger partial charge in [0.1, 0.15) is 5.82 Å². The van der Waals surface area contributed by atoms with Crippen LogP contribution in [0.2, 0.25) is 0 Å². The van der Waals surface area contributed by atoms with E-state index in [0.717, 1.165) is 17.7 Å². The zero-order valence-corrected chi connectivity index (χ0v) is 11.5. The van der Waals surface area contributed by atoms with Crippen LogP contribution in [0, 0.1) is 11.8 Å². The van der Waals surface area contributed by atoms with Crippen molar-refractivity contribution in [3.8, 4) is 0 Å². The van der Waals surface area contributed by atoms with E-state index in [1.807, 2.05) is 6.07 Å². The molecule has 2 aliphatic rings. The summed E-state index contributed by atoms with van der Waals surface area (Å²) >= 11 is 0. The highest BCUT2D eigenvalue weighted by molar-refractivity contribution is 5.91. The Balaban J connectivity index is 1.65. The molecule has 3 rings (SSSR count). The van der Waals surface area contributed by atoms with Gasteiger partial charge in [-0.25, -0.2) is 0 Å². The molecule has 3 atom stereocenters. The van der Waals surface area contributed by atoms with Gasteiger partial charge < -0.3 is 10.2 Å². The quantitative estimate of drug-likeness (QED) is 0.900. The number of hydrogen-bond donors (Lipinski definition) is 1. The van der Waals surface area contributed by atoms with Gasteiger partial charge in [0.2, 0.25) is 0 Å². The van der Waals surface area contributed by atoms with E-state index in [9.17, 15) is 4.79 Å². The van der Waals surface area contributed by atoms with Gasteiger partial charge in [-0.3, -0.25) is 4.79 Å². The third-order valence-corrected chi connectivity index (χ3v) is 4.36. The Kier molecular flexibility index (Phi) is 3.12. The monoisotopic (exact) mass is 260 g/mol. The lowest BCUT2D eigenvalue weighted by Crippen LogP contribution is -2.27. The fraction of sp³-hybridized carbons (Fsp3) is 0.643. The molecule has 0 spiro atoms. The first kappa shape index (κ1) is 12.4. The number of amides is 1. The van der Waals surface area contributed by atoms with E-state index in [4.69, 9.17) is 0 Å². The largest absolute Gasteiger partial charge is 0.366 e. The first-order valence-corrected chi connectivity index (χ1v) is 6.95. The highest BCUT2D eigenvalue weighted by Gasteiger charge is 2.39. The fourth-order valence-corrected chi connectivity index (χ4v) is 3.36. The minimum absolute atomic E-state index is 0.112. The number of carbonyl (C=O) groups is 1. The van der Waals surface area contributed by atoms with Crippen molar-refractivity contribution in [1.29, 1.82) is 0 Å². The molecule has 2 saturated carbocycles. The molecule has 1 aromatic heterocycles. The molecule has 2 bridgehead atoms. The molecule has 0 aliphatic heterocycles. The van der Waals surface area contributed by atoms with Crippen molar-refractivity contribution in [2.75, 3.05) is 19.4 Å². The van der Waals surface area contributed by atoms with Gasteiger partial charge >= 0.3 is 0 Å².